The van der Waals surface area contributed by atoms with Gasteiger partial charge in [0.15, 0.2) is 5.82 Å². The molecule has 9 nitrogen and oxygen atoms in total. The Hall–Kier alpha value is -3.49. The highest BCUT2D eigenvalue weighted by atomic mass is 16.6. The number of carbonyl (C=O) groups excluding carboxylic acids is 2. The second-order valence-corrected chi connectivity index (χ2v) is 7.35. The minimum atomic E-state index is -0.405. The molecule has 1 N–H and O–H groups in total. The van der Waals surface area contributed by atoms with Crippen LogP contribution in [0, 0.1) is 5.92 Å². The molecule has 0 bridgehead atoms. The molecule has 3 aromatic rings. The van der Waals surface area contributed by atoms with Crippen molar-refractivity contribution in [3.05, 3.63) is 42.7 Å². The number of hydrogen-bond donors (Lipinski definition) is 1. The summed E-state index contributed by atoms with van der Waals surface area (Å²) in [6.45, 7) is 0.745. The highest BCUT2D eigenvalue weighted by Crippen LogP contribution is 2.27. The number of benzene rings is 1. The zero-order valence-corrected chi connectivity index (χ0v) is 15.7. The van der Waals surface area contributed by atoms with Gasteiger partial charge in [-0.1, -0.05) is 6.42 Å². The van der Waals surface area contributed by atoms with Gasteiger partial charge in [0.25, 0.3) is 5.78 Å². The van der Waals surface area contributed by atoms with Gasteiger partial charge in [0, 0.05) is 29.6 Å². The van der Waals surface area contributed by atoms with Crippen molar-refractivity contribution in [2.45, 2.75) is 25.4 Å². The van der Waals surface area contributed by atoms with E-state index in [1.807, 2.05) is 36.5 Å². The van der Waals surface area contributed by atoms with Gasteiger partial charge in [0.05, 0.1) is 13.1 Å². The van der Waals surface area contributed by atoms with E-state index in [9.17, 15) is 9.59 Å². The average Bonchev–Trinajstić information content (AvgIpc) is 3.29. The lowest BCUT2D eigenvalue weighted by molar-refractivity contribution is -0.127. The lowest BCUT2D eigenvalue weighted by atomic mass is 9.85. The number of anilines is 1. The monoisotopic (exact) mass is 392 g/mol. The van der Waals surface area contributed by atoms with Crippen LogP contribution in [0.3, 0.4) is 0 Å². The van der Waals surface area contributed by atoms with Crippen LogP contribution in [0.2, 0.25) is 0 Å². The third-order valence-corrected chi connectivity index (χ3v) is 5.48. The molecule has 1 atom stereocenters. The fourth-order valence-corrected chi connectivity index (χ4v) is 3.60. The molecule has 148 valence electrons. The average molecular weight is 392 g/mol. The summed E-state index contributed by atoms with van der Waals surface area (Å²) in [5.74, 6) is 1.39. The molecule has 1 aromatic carbocycles. The largest absolute Gasteiger partial charge is 0.442 e. The smallest absolute Gasteiger partial charge is 0.414 e. The third-order valence-electron chi connectivity index (χ3n) is 5.48. The van der Waals surface area contributed by atoms with Gasteiger partial charge in [-0.05, 0) is 43.2 Å². The third kappa shape index (κ3) is 3.28. The number of aromatic nitrogens is 4. The summed E-state index contributed by atoms with van der Waals surface area (Å²) in [5.41, 5.74) is 1.60. The van der Waals surface area contributed by atoms with Crippen LogP contribution in [0.15, 0.2) is 42.7 Å². The molecule has 1 aliphatic heterocycles. The van der Waals surface area contributed by atoms with Crippen molar-refractivity contribution in [3.63, 3.8) is 0 Å². The first kappa shape index (κ1) is 17.6. The fourth-order valence-electron chi connectivity index (χ4n) is 3.60. The normalized spacial score (nSPS) is 19.2. The number of ether oxygens (including phenoxy) is 1. The molecule has 0 spiro atoms. The number of nitrogens with one attached hydrogen (secondary N) is 1. The number of rotatable bonds is 5. The Morgan fingerprint density at radius 2 is 2.03 bits per heavy atom. The predicted molar refractivity (Wildman–Crippen MR) is 104 cm³/mol. The second kappa shape index (κ2) is 7.16. The molecular formula is C20H20N6O3. The van der Waals surface area contributed by atoms with Crippen LogP contribution in [-0.2, 0) is 9.53 Å². The van der Waals surface area contributed by atoms with Crippen molar-refractivity contribution in [2.75, 3.05) is 18.0 Å². The molecule has 2 aliphatic rings. The van der Waals surface area contributed by atoms with Crippen molar-refractivity contribution >= 4 is 23.5 Å². The maximum atomic E-state index is 12.3. The van der Waals surface area contributed by atoms with Gasteiger partial charge in [-0.25, -0.2) is 9.78 Å². The van der Waals surface area contributed by atoms with E-state index in [1.54, 1.807) is 15.5 Å². The molecule has 0 unspecified atom stereocenters. The first-order chi connectivity index (χ1) is 14.2. The quantitative estimate of drug-likeness (QED) is 0.713. The first-order valence-electron chi connectivity index (χ1n) is 9.71. The maximum absolute atomic E-state index is 12.3. The summed E-state index contributed by atoms with van der Waals surface area (Å²) in [6.07, 6.45) is 5.78. The standard InChI is InChI=1S/C20H20N6O3/c27-18(14-3-1-4-14)22-11-16-12-26(20(28)29-16)15-7-5-13(6-8-15)17-23-24-19-21-9-2-10-25(17)19/h2,5-10,14,16H,1,3-4,11-12H2,(H,22,27)/t16-/m0/s1. The van der Waals surface area contributed by atoms with E-state index in [-0.39, 0.29) is 17.9 Å². The van der Waals surface area contributed by atoms with E-state index in [0.717, 1.165) is 30.5 Å². The highest BCUT2D eigenvalue weighted by molar-refractivity contribution is 5.90. The van der Waals surface area contributed by atoms with E-state index in [0.29, 0.717) is 24.7 Å². The number of fused-ring (bicyclic) bond motifs is 1. The van der Waals surface area contributed by atoms with Gasteiger partial charge in [-0.15, -0.1) is 10.2 Å². The molecule has 1 saturated heterocycles. The van der Waals surface area contributed by atoms with Gasteiger partial charge in [0.2, 0.25) is 5.91 Å². The SMILES string of the molecule is O=C(NC[C@H]1CN(c2ccc(-c3nnc4ncccn34)cc2)C(=O)O1)C1CCC1. The van der Waals surface area contributed by atoms with Crippen LogP contribution in [0.25, 0.3) is 17.2 Å². The molecule has 3 heterocycles. The Balaban J connectivity index is 1.26. The van der Waals surface area contributed by atoms with Crippen LogP contribution < -0.4 is 10.2 Å². The Morgan fingerprint density at radius 1 is 1.21 bits per heavy atom. The number of hydrogen-bond acceptors (Lipinski definition) is 6. The molecule has 1 aliphatic carbocycles. The van der Waals surface area contributed by atoms with E-state index in [1.165, 1.54) is 0 Å². The predicted octanol–water partition coefficient (Wildman–Crippen LogP) is 2.03. The molecule has 2 fully saturated rings. The van der Waals surface area contributed by atoms with Gasteiger partial charge in [-0.3, -0.25) is 14.1 Å². The summed E-state index contributed by atoms with van der Waals surface area (Å²) in [7, 11) is 0. The van der Waals surface area contributed by atoms with Crippen LogP contribution in [0.5, 0.6) is 0 Å². The van der Waals surface area contributed by atoms with E-state index in [2.05, 4.69) is 20.5 Å². The summed E-state index contributed by atoms with van der Waals surface area (Å²) in [5, 5.41) is 11.1. The van der Waals surface area contributed by atoms with Crippen LogP contribution in [0.1, 0.15) is 19.3 Å². The Bertz CT molecular complexity index is 1060. The van der Waals surface area contributed by atoms with Crippen LogP contribution in [0.4, 0.5) is 10.5 Å². The number of nitrogens with zero attached hydrogens (tertiary/aromatic N) is 5. The van der Waals surface area contributed by atoms with E-state index < -0.39 is 6.09 Å². The highest BCUT2D eigenvalue weighted by Gasteiger charge is 2.33. The molecule has 5 rings (SSSR count). The Labute approximate surface area is 166 Å². The first-order valence-corrected chi connectivity index (χ1v) is 9.71. The van der Waals surface area contributed by atoms with Crippen molar-refractivity contribution in [1.29, 1.82) is 0 Å². The number of cyclic esters (lactones) is 1. The summed E-state index contributed by atoms with van der Waals surface area (Å²) < 4.78 is 7.21. The van der Waals surface area contributed by atoms with Gasteiger partial charge < -0.3 is 10.1 Å². The number of amides is 2. The van der Waals surface area contributed by atoms with Gasteiger partial charge in [0.1, 0.15) is 6.10 Å². The fraction of sp³-hybridized carbons (Fsp3) is 0.350. The molecule has 0 radical (unpaired) electrons. The van der Waals surface area contributed by atoms with Gasteiger partial charge >= 0.3 is 6.09 Å². The summed E-state index contributed by atoms with van der Waals surface area (Å²) in [6, 6.07) is 9.29. The topological polar surface area (TPSA) is 102 Å². The molecule has 29 heavy (non-hydrogen) atoms. The summed E-state index contributed by atoms with van der Waals surface area (Å²) >= 11 is 0. The lowest BCUT2D eigenvalue weighted by Crippen LogP contribution is -2.39. The second-order valence-electron chi connectivity index (χ2n) is 7.35. The Kier molecular flexibility index (Phi) is 4.34. The van der Waals surface area contributed by atoms with Crippen LogP contribution >= 0.6 is 0 Å². The lowest BCUT2D eigenvalue weighted by Gasteiger charge is -2.24. The molecule has 2 aromatic heterocycles. The Morgan fingerprint density at radius 3 is 2.79 bits per heavy atom. The zero-order chi connectivity index (χ0) is 19.8. The summed E-state index contributed by atoms with van der Waals surface area (Å²) in [4.78, 5) is 30.0. The van der Waals surface area contributed by atoms with Crippen molar-refractivity contribution in [3.8, 4) is 11.4 Å². The van der Waals surface area contributed by atoms with Crippen LogP contribution in [-0.4, -0.2) is 50.8 Å². The molecule has 1 saturated carbocycles. The minimum Gasteiger partial charge on any atom is -0.442 e. The number of carbonyl (C=O) groups is 2. The van der Waals surface area contributed by atoms with Crippen molar-refractivity contribution in [1.82, 2.24) is 24.9 Å². The maximum Gasteiger partial charge on any atom is 0.414 e. The van der Waals surface area contributed by atoms with Crippen molar-refractivity contribution in [2.24, 2.45) is 5.92 Å². The van der Waals surface area contributed by atoms with E-state index in [4.69, 9.17) is 4.74 Å². The molecule has 9 heteroatoms. The van der Waals surface area contributed by atoms with Crippen molar-refractivity contribution < 1.29 is 14.3 Å². The van der Waals surface area contributed by atoms with E-state index >= 15 is 0 Å². The molecule has 2 amide bonds. The molecular weight excluding hydrogens is 372 g/mol. The minimum absolute atomic E-state index is 0.0603. The van der Waals surface area contributed by atoms with Gasteiger partial charge in [-0.2, -0.15) is 0 Å². The zero-order valence-electron chi connectivity index (χ0n) is 15.7.